The maximum absolute atomic E-state index is 12.1. The van der Waals surface area contributed by atoms with E-state index in [0.29, 0.717) is 6.42 Å². The molecule has 1 amide bonds. The van der Waals surface area contributed by atoms with Crippen LogP contribution in [0.2, 0.25) is 0 Å². The Morgan fingerprint density at radius 2 is 2.15 bits per heavy atom. The van der Waals surface area contributed by atoms with Crippen molar-refractivity contribution in [3.05, 3.63) is 24.3 Å². The third-order valence-corrected chi connectivity index (χ3v) is 4.93. The first-order valence-corrected chi connectivity index (χ1v) is 8.21. The Balaban J connectivity index is 2.36. The molecule has 1 heterocycles. The molecule has 2 rings (SSSR count). The molecule has 1 aliphatic rings. The maximum Gasteiger partial charge on any atom is 0.414 e. The lowest BCUT2D eigenvalue weighted by Gasteiger charge is -2.27. The van der Waals surface area contributed by atoms with Gasteiger partial charge in [-0.3, -0.25) is 4.90 Å². The zero-order chi connectivity index (χ0) is 14.8. The topological polar surface area (TPSA) is 83.9 Å². The van der Waals surface area contributed by atoms with E-state index >= 15 is 0 Å². The summed E-state index contributed by atoms with van der Waals surface area (Å²) >= 11 is 0. The van der Waals surface area contributed by atoms with Gasteiger partial charge in [0.2, 0.25) is 0 Å². The van der Waals surface area contributed by atoms with Gasteiger partial charge in [0.1, 0.15) is 5.75 Å². The molecule has 0 aliphatic carbocycles. The Labute approximate surface area is 117 Å². The number of carbonyl (C=O) groups is 1. The predicted octanol–water partition coefficient (Wildman–Crippen LogP) is 1.54. The molecule has 110 valence electrons. The molecular weight excluding hydrogens is 282 g/mol. The molecule has 1 aromatic rings. The molecule has 6 nitrogen and oxygen atoms in total. The average Bonchev–Trinajstić information content (AvgIpc) is 2.73. The van der Waals surface area contributed by atoms with Crippen molar-refractivity contribution in [3.63, 3.8) is 0 Å². The van der Waals surface area contributed by atoms with Gasteiger partial charge in [-0.1, -0.05) is 12.1 Å². The fourth-order valence-corrected chi connectivity index (χ4v) is 3.98. The van der Waals surface area contributed by atoms with Crippen LogP contribution in [0.1, 0.15) is 13.3 Å². The van der Waals surface area contributed by atoms with Crippen molar-refractivity contribution in [3.8, 4) is 5.75 Å². The first kappa shape index (κ1) is 14.6. The normalized spacial score (nSPS) is 20.6. The standard InChI is InChI=1S/C13H17NO5S/c1-2-19-13(16)14(10-7-8-20(17,18)9-10)11-5-3-4-6-12(11)15/h3-6,10,15H,2,7-9H2,1H3. The zero-order valence-corrected chi connectivity index (χ0v) is 12.0. The lowest BCUT2D eigenvalue weighted by Crippen LogP contribution is -2.41. The lowest BCUT2D eigenvalue weighted by molar-refractivity contribution is 0.157. The molecule has 0 spiro atoms. The third-order valence-electron chi connectivity index (χ3n) is 3.18. The molecule has 0 aromatic heterocycles. The van der Waals surface area contributed by atoms with Gasteiger partial charge in [-0.25, -0.2) is 13.2 Å². The van der Waals surface area contributed by atoms with E-state index in [0.717, 1.165) is 0 Å². The van der Waals surface area contributed by atoms with Crippen LogP contribution in [-0.2, 0) is 14.6 Å². The Morgan fingerprint density at radius 3 is 2.70 bits per heavy atom. The van der Waals surface area contributed by atoms with E-state index in [4.69, 9.17) is 4.74 Å². The molecule has 1 aromatic carbocycles. The van der Waals surface area contributed by atoms with Crippen LogP contribution in [0.15, 0.2) is 24.3 Å². The summed E-state index contributed by atoms with van der Waals surface area (Å²) in [6.45, 7) is 1.86. The number of phenols is 1. The SMILES string of the molecule is CCOC(=O)N(c1ccccc1O)C1CCS(=O)(=O)C1. The summed E-state index contributed by atoms with van der Waals surface area (Å²) in [5.41, 5.74) is 0.271. The number of sulfone groups is 1. The van der Waals surface area contributed by atoms with Gasteiger partial charge in [0, 0.05) is 0 Å². The van der Waals surface area contributed by atoms with E-state index in [2.05, 4.69) is 0 Å². The first-order valence-electron chi connectivity index (χ1n) is 6.39. The summed E-state index contributed by atoms with van der Waals surface area (Å²) in [5.74, 6) is -0.147. The molecule has 7 heteroatoms. The van der Waals surface area contributed by atoms with Crippen LogP contribution in [0.4, 0.5) is 10.5 Å². The number of ether oxygens (including phenoxy) is 1. The summed E-state index contributed by atoms with van der Waals surface area (Å²) in [6.07, 6.45) is -0.300. The van der Waals surface area contributed by atoms with Crippen molar-refractivity contribution in [2.75, 3.05) is 23.0 Å². The van der Waals surface area contributed by atoms with Gasteiger partial charge in [-0.2, -0.15) is 0 Å². The van der Waals surface area contributed by atoms with Crippen LogP contribution in [0.3, 0.4) is 0 Å². The Bertz CT molecular complexity index is 599. The van der Waals surface area contributed by atoms with Crippen molar-refractivity contribution < 1.29 is 23.1 Å². The summed E-state index contributed by atoms with van der Waals surface area (Å²) in [7, 11) is -3.14. The minimum absolute atomic E-state index is 0.0428. The second-order valence-electron chi connectivity index (χ2n) is 4.61. The number of rotatable bonds is 3. The van der Waals surface area contributed by atoms with E-state index in [9.17, 15) is 18.3 Å². The second-order valence-corrected chi connectivity index (χ2v) is 6.84. The Hall–Kier alpha value is -1.76. The van der Waals surface area contributed by atoms with Crippen molar-refractivity contribution >= 4 is 21.6 Å². The molecule has 1 fully saturated rings. The number of amides is 1. The number of hydrogen-bond donors (Lipinski definition) is 1. The van der Waals surface area contributed by atoms with Gasteiger partial charge in [-0.05, 0) is 25.5 Å². The Kier molecular flexibility index (Phi) is 4.17. The minimum atomic E-state index is -3.14. The van der Waals surface area contributed by atoms with E-state index in [1.165, 1.54) is 11.0 Å². The largest absolute Gasteiger partial charge is 0.506 e. The van der Waals surface area contributed by atoms with E-state index in [1.807, 2.05) is 0 Å². The van der Waals surface area contributed by atoms with Crippen molar-refractivity contribution in [2.24, 2.45) is 0 Å². The fourth-order valence-electron chi connectivity index (χ4n) is 2.28. The highest BCUT2D eigenvalue weighted by atomic mass is 32.2. The summed E-state index contributed by atoms with van der Waals surface area (Å²) < 4.78 is 28.2. The lowest BCUT2D eigenvalue weighted by atomic mass is 10.2. The van der Waals surface area contributed by atoms with Crippen molar-refractivity contribution in [2.45, 2.75) is 19.4 Å². The monoisotopic (exact) mass is 299 g/mol. The van der Waals surface area contributed by atoms with Crippen LogP contribution in [0, 0.1) is 0 Å². The highest BCUT2D eigenvalue weighted by molar-refractivity contribution is 7.91. The smallest absolute Gasteiger partial charge is 0.414 e. The van der Waals surface area contributed by atoms with Crippen LogP contribution in [0.5, 0.6) is 5.75 Å². The average molecular weight is 299 g/mol. The van der Waals surface area contributed by atoms with Crippen LogP contribution in [0.25, 0.3) is 0 Å². The molecule has 1 atom stereocenters. The number of anilines is 1. The highest BCUT2D eigenvalue weighted by Gasteiger charge is 2.37. The second kappa shape index (κ2) is 5.70. The van der Waals surface area contributed by atoms with E-state index in [-0.39, 0.29) is 29.5 Å². The molecule has 0 radical (unpaired) electrons. The number of carbonyl (C=O) groups excluding carboxylic acids is 1. The number of para-hydroxylation sites is 2. The van der Waals surface area contributed by atoms with Crippen LogP contribution in [-0.4, -0.2) is 43.8 Å². The number of nitrogens with zero attached hydrogens (tertiary/aromatic N) is 1. The molecule has 1 N–H and O–H groups in total. The van der Waals surface area contributed by atoms with Crippen LogP contribution >= 0.6 is 0 Å². The third kappa shape index (κ3) is 3.04. The van der Waals surface area contributed by atoms with Gasteiger partial charge in [-0.15, -0.1) is 0 Å². The molecule has 0 saturated carbocycles. The van der Waals surface area contributed by atoms with Gasteiger partial charge in [0.25, 0.3) is 0 Å². The number of phenolic OH excluding ortho intramolecular Hbond substituents is 1. The maximum atomic E-state index is 12.1. The number of hydrogen-bond acceptors (Lipinski definition) is 5. The summed E-state index contributed by atoms with van der Waals surface area (Å²) in [4.78, 5) is 13.3. The minimum Gasteiger partial charge on any atom is -0.506 e. The van der Waals surface area contributed by atoms with E-state index < -0.39 is 22.0 Å². The highest BCUT2D eigenvalue weighted by Crippen LogP contribution is 2.32. The first-order chi connectivity index (χ1) is 9.44. The summed E-state index contributed by atoms with van der Waals surface area (Å²) in [6, 6.07) is 5.81. The van der Waals surface area contributed by atoms with Gasteiger partial charge in [0.05, 0.1) is 29.8 Å². The molecule has 0 bridgehead atoms. The van der Waals surface area contributed by atoms with Gasteiger partial charge in [0.15, 0.2) is 9.84 Å². The molecule has 1 saturated heterocycles. The number of aromatic hydroxyl groups is 1. The zero-order valence-electron chi connectivity index (χ0n) is 11.2. The Morgan fingerprint density at radius 1 is 1.45 bits per heavy atom. The quantitative estimate of drug-likeness (QED) is 0.915. The van der Waals surface area contributed by atoms with Gasteiger partial charge >= 0.3 is 6.09 Å². The van der Waals surface area contributed by atoms with Crippen LogP contribution < -0.4 is 4.90 Å². The van der Waals surface area contributed by atoms with Crippen molar-refractivity contribution in [1.29, 1.82) is 0 Å². The fraction of sp³-hybridized carbons (Fsp3) is 0.462. The molecular formula is C13H17NO5S. The molecule has 1 aliphatic heterocycles. The van der Waals surface area contributed by atoms with Crippen molar-refractivity contribution in [1.82, 2.24) is 0 Å². The van der Waals surface area contributed by atoms with E-state index in [1.54, 1.807) is 25.1 Å². The van der Waals surface area contributed by atoms with Gasteiger partial charge < -0.3 is 9.84 Å². The summed E-state index contributed by atoms with van der Waals surface area (Å²) in [5, 5.41) is 9.89. The molecule has 20 heavy (non-hydrogen) atoms. The predicted molar refractivity (Wildman–Crippen MR) is 74.7 cm³/mol. The number of benzene rings is 1. The molecule has 1 unspecified atom stereocenters.